The van der Waals surface area contributed by atoms with Gasteiger partial charge >= 0.3 is 0 Å². The average Bonchev–Trinajstić information content (AvgIpc) is 2.57. The molecule has 0 aromatic heterocycles. The van der Waals surface area contributed by atoms with Crippen LogP contribution in [-0.4, -0.2) is 15.0 Å². The quantitative estimate of drug-likeness (QED) is 0.735. The molecule has 24 heavy (non-hydrogen) atoms. The van der Waals surface area contributed by atoms with Crippen molar-refractivity contribution < 1.29 is 13.2 Å². The van der Waals surface area contributed by atoms with Crippen molar-refractivity contribution in [2.24, 2.45) is 0 Å². The van der Waals surface area contributed by atoms with Crippen LogP contribution >= 0.6 is 0 Å². The van der Waals surface area contributed by atoms with Gasteiger partial charge in [-0.15, -0.1) is 0 Å². The molecule has 0 aliphatic heterocycles. The van der Waals surface area contributed by atoms with E-state index in [1.807, 2.05) is 32.0 Å². The third kappa shape index (κ3) is 4.82. The normalized spacial score (nSPS) is 11.5. The predicted molar refractivity (Wildman–Crippen MR) is 96.8 cm³/mol. The lowest BCUT2D eigenvalue weighted by Crippen LogP contribution is -2.23. The van der Waals surface area contributed by atoms with Gasteiger partial charge in [-0.1, -0.05) is 31.5 Å². The van der Waals surface area contributed by atoms with Crippen molar-refractivity contribution in [3.8, 4) is 5.75 Å². The highest BCUT2D eigenvalue weighted by molar-refractivity contribution is 7.89. The van der Waals surface area contributed by atoms with Crippen molar-refractivity contribution in [2.75, 3.05) is 6.61 Å². The number of aryl methyl sites for hydroxylation is 1. The van der Waals surface area contributed by atoms with Crippen molar-refractivity contribution >= 4 is 10.0 Å². The SMILES string of the molecule is CCCCOc1ccc(S(=O)(=O)NCc2cccc(C)c2C)cc1. The highest BCUT2D eigenvalue weighted by atomic mass is 32.2. The van der Waals surface area contributed by atoms with E-state index in [9.17, 15) is 8.42 Å². The molecule has 0 bridgehead atoms. The Balaban J connectivity index is 2.03. The zero-order valence-electron chi connectivity index (χ0n) is 14.5. The highest BCUT2D eigenvalue weighted by Crippen LogP contribution is 2.18. The number of nitrogens with one attached hydrogen (secondary N) is 1. The van der Waals surface area contributed by atoms with E-state index in [1.54, 1.807) is 24.3 Å². The van der Waals surface area contributed by atoms with Crippen molar-refractivity contribution in [3.05, 3.63) is 59.2 Å². The smallest absolute Gasteiger partial charge is 0.240 e. The molecule has 2 rings (SSSR count). The first-order valence-corrected chi connectivity index (χ1v) is 9.70. The molecule has 5 heteroatoms. The Bertz CT molecular complexity index is 768. The molecule has 2 aromatic rings. The fraction of sp³-hybridized carbons (Fsp3) is 0.368. The van der Waals surface area contributed by atoms with E-state index in [2.05, 4.69) is 11.6 Å². The number of hydrogen-bond donors (Lipinski definition) is 1. The predicted octanol–water partition coefficient (Wildman–Crippen LogP) is 3.96. The van der Waals surface area contributed by atoms with Gasteiger partial charge in [-0.25, -0.2) is 13.1 Å². The van der Waals surface area contributed by atoms with Crippen LogP contribution in [-0.2, 0) is 16.6 Å². The number of sulfonamides is 1. The summed E-state index contributed by atoms with van der Waals surface area (Å²) in [5, 5.41) is 0. The third-order valence-corrected chi connectivity index (χ3v) is 5.49. The number of benzene rings is 2. The lowest BCUT2D eigenvalue weighted by Gasteiger charge is -2.11. The second-order valence-electron chi connectivity index (χ2n) is 5.86. The summed E-state index contributed by atoms with van der Waals surface area (Å²) in [5.41, 5.74) is 3.25. The van der Waals surface area contributed by atoms with Crippen molar-refractivity contribution in [2.45, 2.75) is 45.1 Å². The van der Waals surface area contributed by atoms with Crippen LogP contribution < -0.4 is 9.46 Å². The molecular weight excluding hydrogens is 322 g/mol. The average molecular weight is 347 g/mol. The molecule has 0 atom stereocenters. The van der Waals surface area contributed by atoms with Gasteiger partial charge < -0.3 is 4.74 Å². The standard InChI is InChI=1S/C19H25NO3S/c1-4-5-13-23-18-9-11-19(12-10-18)24(21,22)20-14-17-8-6-7-15(2)16(17)3/h6-12,20H,4-5,13-14H2,1-3H3. The Kier molecular flexibility index (Phi) is 6.40. The Labute approximate surface area is 144 Å². The second kappa shape index (κ2) is 8.31. The van der Waals surface area contributed by atoms with E-state index in [1.165, 1.54) is 0 Å². The largest absolute Gasteiger partial charge is 0.494 e. The fourth-order valence-electron chi connectivity index (χ4n) is 2.31. The minimum atomic E-state index is -3.54. The van der Waals surface area contributed by atoms with Crippen LogP contribution in [0.5, 0.6) is 5.75 Å². The number of hydrogen-bond acceptors (Lipinski definition) is 3. The third-order valence-electron chi connectivity index (χ3n) is 4.07. The molecule has 0 spiro atoms. The van der Waals surface area contributed by atoms with Crippen molar-refractivity contribution in [1.82, 2.24) is 4.72 Å². The van der Waals surface area contributed by atoms with Gasteiger partial charge in [0.2, 0.25) is 10.0 Å². The van der Waals surface area contributed by atoms with Gasteiger partial charge in [0.25, 0.3) is 0 Å². The summed E-state index contributed by atoms with van der Waals surface area (Å²) < 4.78 is 33.1. The maximum absolute atomic E-state index is 12.4. The Hall–Kier alpha value is -1.85. The monoisotopic (exact) mass is 347 g/mol. The lowest BCUT2D eigenvalue weighted by molar-refractivity contribution is 0.309. The summed E-state index contributed by atoms with van der Waals surface area (Å²) >= 11 is 0. The van der Waals surface area contributed by atoms with Crippen LogP contribution in [0.1, 0.15) is 36.5 Å². The summed E-state index contributed by atoms with van der Waals surface area (Å²) in [6.07, 6.45) is 2.05. The van der Waals surface area contributed by atoms with E-state index >= 15 is 0 Å². The van der Waals surface area contributed by atoms with Crippen LogP contribution in [0.4, 0.5) is 0 Å². The number of rotatable bonds is 8. The van der Waals surface area contributed by atoms with Crippen LogP contribution in [0.25, 0.3) is 0 Å². The Morgan fingerprint density at radius 3 is 2.42 bits per heavy atom. The zero-order chi connectivity index (χ0) is 17.6. The minimum Gasteiger partial charge on any atom is -0.494 e. The van der Waals surface area contributed by atoms with E-state index in [-0.39, 0.29) is 11.4 Å². The first-order valence-electron chi connectivity index (χ1n) is 8.21. The summed E-state index contributed by atoms with van der Waals surface area (Å²) in [7, 11) is -3.54. The molecule has 0 amide bonds. The molecule has 0 fully saturated rings. The topological polar surface area (TPSA) is 55.4 Å². The van der Waals surface area contributed by atoms with Gasteiger partial charge in [-0.05, 0) is 61.2 Å². The maximum atomic E-state index is 12.4. The zero-order valence-corrected chi connectivity index (χ0v) is 15.3. The molecule has 0 heterocycles. The lowest BCUT2D eigenvalue weighted by atomic mass is 10.0. The van der Waals surface area contributed by atoms with Crippen LogP contribution in [0, 0.1) is 13.8 Å². The summed E-state index contributed by atoms with van der Waals surface area (Å²) in [6, 6.07) is 12.4. The van der Waals surface area contributed by atoms with Gasteiger partial charge in [0.05, 0.1) is 11.5 Å². The van der Waals surface area contributed by atoms with Gasteiger partial charge in [0.1, 0.15) is 5.75 Å². The molecule has 1 N–H and O–H groups in total. The van der Waals surface area contributed by atoms with Crippen molar-refractivity contribution in [3.63, 3.8) is 0 Å². The maximum Gasteiger partial charge on any atom is 0.240 e. The van der Waals surface area contributed by atoms with Gasteiger partial charge in [0.15, 0.2) is 0 Å². The fourth-order valence-corrected chi connectivity index (χ4v) is 3.32. The molecule has 0 aliphatic carbocycles. The first-order chi connectivity index (χ1) is 11.4. The van der Waals surface area contributed by atoms with Crippen LogP contribution in [0.2, 0.25) is 0 Å². The second-order valence-corrected chi connectivity index (χ2v) is 7.62. The van der Waals surface area contributed by atoms with E-state index < -0.39 is 10.0 Å². The molecule has 2 aromatic carbocycles. The molecule has 0 saturated carbocycles. The van der Waals surface area contributed by atoms with Gasteiger partial charge in [-0.3, -0.25) is 0 Å². The van der Waals surface area contributed by atoms with Crippen LogP contribution in [0.15, 0.2) is 47.4 Å². The molecule has 0 radical (unpaired) electrons. The molecule has 130 valence electrons. The van der Waals surface area contributed by atoms with Crippen LogP contribution in [0.3, 0.4) is 0 Å². The van der Waals surface area contributed by atoms with E-state index in [0.29, 0.717) is 12.4 Å². The minimum absolute atomic E-state index is 0.246. The molecule has 4 nitrogen and oxygen atoms in total. The van der Waals surface area contributed by atoms with E-state index in [0.717, 1.165) is 29.5 Å². The van der Waals surface area contributed by atoms with Gasteiger partial charge in [-0.2, -0.15) is 0 Å². The van der Waals surface area contributed by atoms with Crippen molar-refractivity contribution in [1.29, 1.82) is 0 Å². The molecule has 0 aliphatic rings. The summed E-state index contributed by atoms with van der Waals surface area (Å²) in [6.45, 7) is 7.05. The molecule has 0 saturated heterocycles. The number of unbranched alkanes of at least 4 members (excludes halogenated alkanes) is 1. The molecular formula is C19H25NO3S. The Morgan fingerprint density at radius 2 is 1.75 bits per heavy atom. The summed E-state index contributed by atoms with van der Waals surface area (Å²) in [4.78, 5) is 0.246. The number of ether oxygens (including phenoxy) is 1. The molecule has 0 unspecified atom stereocenters. The highest BCUT2D eigenvalue weighted by Gasteiger charge is 2.14. The first kappa shape index (κ1) is 18.5. The Morgan fingerprint density at radius 1 is 1.04 bits per heavy atom. The summed E-state index contributed by atoms with van der Waals surface area (Å²) in [5.74, 6) is 0.692. The van der Waals surface area contributed by atoms with E-state index in [4.69, 9.17) is 4.74 Å². The van der Waals surface area contributed by atoms with Gasteiger partial charge in [0, 0.05) is 6.54 Å².